The van der Waals surface area contributed by atoms with Gasteiger partial charge in [-0.15, -0.1) is 0 Å². The standard InChI is InChI=1S/C22H36N2O2/c1-3-4-5-6-7-8-9-10-11-15-18-23-21(25)22(26)24-19(2)20-16-13-12-14-17-20/h12-14,16-17,19H,3-11,15,18H2,1-2H3,(H,23,25)(H,24,26)/t19-/m1/s1. The smallest absolute Gasteiger partial charge is 0.309 e. The first kappa shape index (κ1) is 22.2. The molecule has 0 aliphatic heterocycles. The van der Waals surface area contributed by atoms with Crippen molar-refractivity contribution in [3.05, 3.63) is 35.9 Å². The van der Waals surface area contributed by atoms with Crippen LogP contribution in [-0.2, 0) is 9.59 Å². The number of amides is 2. The number of rotatable bonds is 13. The molecule has 1 aromatic carbocycles. The fourth-order valence-corrected chi connectivity index (χ4v) is 2.98. The van der Waals surface area contributed by atoms with E-state index in [1.54, 1.807) is 0 Å². The van der Waals surface area contributed by atoms with Gasteiger partial charge in [-0.1, -0.05) is 95.0 Å². The van der Waals surface area contributed by atoms with Crippen molar-refractivity contribution in [2.45, 2.75) is 84.1 Å². The van der Waals surface area contributed by atoms with Gasteiger partial charge >= 0.3 is 11.8 Å². The summed E-state index contributed by atoms with van der Waals surface area (Å²) in [5.74, 6) is -1.10. The van der Waals surface area contributed by atoms with Crippen LogP contribution in [-0.4, -0.2) is 18.4 Å². The molecule has 0 unspecified atom stereocenters. The van der Waals surface area contributed by atoms with Crippen molar-refractivity contribution in [2.75, 3.05) is 6.54 Å². The Morgan fingerprint density at radius 3 is 1.92 bits per heavy atom. The van der Waals surface area contributed by atoms with Gasteiger partial charge in [0, 0.05) is 6.54 Å². The minimum absolute atomic E-state index is 0.174. The molecule has 2 N–H and O–H groups in total. The fourth-order valence-electron chi connectivity index (χ4n) is 2.98. The molecule has 0 aromatic heterocycles. The molecule has 26 heavy (non-hydrogen) atoms. The Hall–Kier alpha value is -1.84. The molecule has 0 radical (unpaired) electrons. The lowest BCUT2D eigenvalue weighted by Crippen LogP contribution is -2.41. The maximum atomic E-state index is 11.9. The molecule has 146 valence electrons. The first-order valence-corrected chi connectivity index (χ1v) is 10.3. The second-order valence-corrected chi connectivity index (χ2v) is 7.04. The van der Waals surface area contributed by atoms with Crippen molar-refractivity contribution in [2.24, 2.45) is 0 Å². The number of hydrogen-bond donors (Lipinski definition) is 2. The van der Waals surface area contributed by atoms with Crippen molar-refractivity contribution in [1.82, 2.24) is 10.6 Å². The number of unbranched alkanes of at least 4 members (excludes halogenated alkanes) is 9. The summed E-state index contributed by atoms with van der Waals surface area (Å²) in [4.78, 5) is 23.8. The average molecular weight is 361 g/mol. The molecule has 4 heteroatoms. The minimum Gasteiger partial charge on any atom is -0.348 e. The van der Waals surface area contributed by atoms with Crippen LogP contribution in [0.5, 0.6) is 0 Å². The molecule has 0 bridgehead atoms. The summed E-state index contributed by atoms with van der Waals surface area (Å²) in [6.07, 6.45) is 12.6. The Morgan fingerprint density at radius 1 is 0.808 bits per heavy atom. The van der Waals surface area contributed by atoms with Crippen LogP contribution in [0.1, 0.15) is 89.7 Å². The van der Waals surface area contributed by atoms with E-state index in [9.17, 15) is 9.59 Å². The van der Waals surface area contributed by atoms with Crippen LogP contribution in [0.3, 0.4) is 0 Å². The van der Waals surface area contributed by atoms with E-state index in [-0.39, 0.29) is 6.04 Å². The Labute approximate surface area is 159 Å². The van der Waals surface area contributed by atoms with E-state index in [1.807, 2.05) is 37.3 Å². The van der Waals surface area contributed by atoms with Crippen molar-refractivity contribution in [1.29, 1.82) is 0 Å². The lowest BCUT2D eigenvalue weighted by atomic mass is 10.1. The Bertz CT molecular complexity index is 502. The third-order valence-corrected chi connectivity index (χ3v) is 4.67. The summed E-state index contributed by atoms with van der Waals surface area (Å²) in [5.41, 5.74) is 0.989. The van der Waals surface area contributed by atoms with Crippen LogP contribution in [0.15, 0.2) is 30.3 Å². The lowest BCUT2D eigenvalue weighted by Gasteiger charge is -2.14. The van der Waals surface area contributed by atoms with Crippen molar-refractivity contribution < 1.29 is 9.59 Å². The van der Waals surface area contributed by atoms with Crippen LogP contribution < -0.4 is 10.6 Å². The number of carbonyl (C=O) groups is 2. The van der Waals surface area contributed by atoms with Gasteiger partial charge in [-0.2, -0.15) is 0 Å². The van der Waals surface area contributed by atoms with Gasteiger partial charge in [0.05, 0.1) is 6.04 Å². The number of carbonyl (C=O) groups excluding carboxylic acids is 2. The van der Waals surface area contributed by atoms with E-state index in [0.29, 0.717) is 6.54 Å². The van der Waals surface area contributed by atoms with E-state index in [4.69, 9.17) is 0 Å². The molecule has 4 nitrogen and oxygen atoms in total. The maximum Gasteiger partial charge on any atom is 0.309 e. The quantitative estimate of drug-likeness (QED) is 0.388. The fraction of sp³-hybridized carbons (Fsp3) is 0.636. The predicted molar refractivity (Wildman–Crippen MR) is 108 cm³/mol. The van der Waals surface area contributed by atoms with Gasteiger partial charge in [-0.05, 0) is 18.9 Å². The normalized spacial score (nSPS) is 11.8. The highest BCUT2D eigenvalue weighted by molar-refractivity contribution is 6.35. The zero-order valence-corrected chi connectivity index (χ0v) is 16.6. The largest absolute Gasteiger partial charge is 0.348 e. The summed E-state index contributed by atoms with van der Waals surface area (Å²) in [6.45, 7) is 4.69. The van der Waals surface area contributed by atoms with Crippen LogP contribution in [0.4, 0.5) is 0 Å². The second kappa shape index (κ2) is 14.3. The molecule has 1 atom stereocenters. The van der Waals surface area contributed by atoms with Crippen molar-refractivity contribution >= 4 is 11.8 Å². The van der Waals surface area contributed by atoms with Gasteiger partial charge in [-0.3, -0.25) is 9.59 Å². The molecule has 0 saturated carbocycles. The minimum atomic E-state index is -0.562. The van der Waals surface area contributed by atoms with Gasteiger partial charge in [0.1, 0.15) is 0 Å². The molecule has 1 rings (SSSR count). The third kappa shape index (κ3) is 10.2. The number of nitrogens with one attached hydrogen (secondary N) is 2. The van der Waals surface area contributed by atoms with Crippen molar-refractivity contribution in [3.63, 3.8) is 0 Å². The summed E-state index contributed by atoms with van der Waals surface area (Å²) in [7, 11) is 0. The Kier molecular flexibility index (Phi) is 12.2. The highest BCUT2D eigenvalue weighted by Crippen LogP contribution is 2.11. The predicted octanol–water partition coefficient (Wildman–Crippen LogP) is 4.90. The van der Waals surface area contributed by atoms with Crippen LogP contribution in [0, 0.1) is 0 Å². The zero-order chi connectivity index (χ0) is 19.0. The monoisotopic (exact) mass is 360 g/mol. The average Bonchev–Trinajstić information content (AvgIpc) is 2.66. The maximum absolute atomic E-state index is 11.9. The topological polar surface area (TPSA) is 58.2 Å². The van der Waals surface area contributed by atoms with Crippen LogP contribution in [0.25, 0.3) is 0 Å². The molecule has 0 aliphatic rings. The van der Waals surface area contributed by atoms with E-state index >= 15 is 0 Å². The van der Waals surface area contributed by atoms with Gasteiger partial charge in [-0.25, -0.2) is 0 Å². The van der Waals surface area contributed by atoms with Crippen LogP contribution in [0.2, 0.25) is 0 Å². The lowest BCUT2D eigenvalue weighted by molar-refractivity contribution is -0.139. The summed E-state index contributed by atoms with van der Waals surface area (Å²) >= 11 is 0. The highest BCUT2D eigenvalue weighted by Gasteiger charge is 2.16. The van der Waals surface area contributed by atoms with Crippen molar-refractivity contribution in [3.8, 4) is 0 Å². The van der Waals surface area contributed by atoms with Crippen LogP contribution >= 0.6 is 0 Å². The molecular weight excluding hydrogens is 324 g/mol. The molecular formula is C22H36N2O2. The SMILES string of the molecule is CCCCCCCCCCCCNC(=O)C(=O)N[C@H](C)c1ccccc1. The number of benzene rings is 1. The van der Waals surface area contributed by atoms with E-state index in [0.717, 1.165) is 18.4 Å². The first-order valence-electron chi connectivity index (χ1n) is 10.3. The third-order valence-electron chi connectivity index (χ3n) is 4.67. The molecule has 0 heterocycles. The van der Waals surface area contributed by atoms with Gasteiger partial charge in [0.25, 0.3) is 0 Å². The van der Waals surface area contributed by atoms with E-state index < -0.39 is 11.8 Å². The van der Waals surface area contributed by atoms with Gasteiger partial charge in [0.15, 0.2) is 0 Å². The molecule has 2 amide bonds. The van der Waals surface area contributed by atoms with Gasteiger partial charge in [0.2, 0.25) is 0 Å². The zero-order valence-electron chi connectivity index (χ0n) is 16.6. The summed E-state index contributed by atoms with van der Waals surface area (Å²) in [5, 5.41) is 5.45. The first-order chi connectivity index (χ1) is 12.6. The van der Waals surface area contributed by atoms with Gasteiger partial charge < -0.3 is 10.6 Å². The van der Waals surface area contributed by atoms with E-state index in [1.165, 1.54) is 51.4 Å². The number of hydrogen-bond acceptors (Lipinski definition) is 2. The Morgan fingerprint density at radius 2 is 1.35 bits per heavy atom. The van der Waals surface area contributed by atoms with E-state index in [2.05, 4.69) is 17.6 Å². The molecule has 0 aliphatic carbocycles. The molecule has 0 fully saturated rings. The summed E-state index contributed by atoms with van der Waals surface area (Å²) in [6, 6.07) is 9.47. The molecule has 0 spiro atoms. The molecule has 0 saturated heterocycles. The molecule has 1 aromatic rings. The second-order valence-electron chi connectivity index (χ2n) is 7.04. The highest BCUT2D eigenvalue weighted by atomic mass is 16.2. The summed E-state index contributed by atoms with van der Waals surface area (Å²) < 4.78 is 0. The Balaban J connectivity index is 2.01.